The van der Waals surface area contributed by atoms with E-state index in [9.17, 15) is 0 Å². The summed E-state index contributed by atoms with van der Waals surface area (Å²) in [5.74, 6) is 0. The molecule has 1 aliphatic carbocycles. The Labute approximate surface area is 283 Å². The number of rotatable bonds is 3. The molecule has 6 aromatic carbocycles. The van der Waals surface area contributed by atoms with Gasteiger partial charge in [0.05, 0.1) is 22.4 Å². The quantitative estimate of drug-likeness (QED) is 0.182. The Hall–Kier alpha value is -5.64. The number of fused-ring (bicyclic) bond motifs is 9. The second kappa shape index (κ2) is 10.2. The van der Waals surface area contributed by atoms with Gasteiger partial charge in [-0.2, -0.15) is 0 Å². The fraction of sp³-hybridized carbons (Fsp3) is 0.0667. The summed E-state index contributed by atoms with van der Waals surface area (Å²) in [5, 5.41) is 4.84. The molecule has 1 aliphatic rings. The lowest BCUT2D eigenvalue weighted by Crippen LogP contribution is -2.14. The summed E-state index contributed by atoms with van der Waals surface area (Å²) in [7, 11) is 0. The van der Waals surface area contributed by atoms with Crippen molar-refractivity contribution in [3.8, 4) is 44.8 Å². The van der Waals surface area contributed by atoms with Crippen molar-refractivity contribution in [1.82, 2.24) is 9.97 Å². The molecular weight excluding hydrogens is 601 g/mol. The fourth-order valence-corrected chi connectivity index (χ4v) is 8.84. The second-order valence-electron chi connectivity index (χ2n) is 13.4. The lowest BCUT2D eigenvalue weighted by molar-refractivity contribution is 0.660. The standard InChI is InChI=1S/C45H30N2S/c1-45(2)37-9-5-3-7-33(37)34-21-18-32(25-38(34)45)40-24-20-30-16-15-29-19-23-39(46-43(29)44(30)47-40)28-13-11-27(12-14-28)31-17-22-36-35-8-4-6-10-41(35)48-42(36)26-31/h3-26H,1-2H3. The van der Waals surface area contributed by atoms with Gasteiger partial charge in [0, 0.05) is 47.5 Å². The Kier molecular flexibility index (Phi) is 5.82. The van der Waals surface area contributed by atoms with E-state index in [1.54, 1.807) is 0 Å². The van der Waals surface area contributed by atoms with Crippen molar-refractivity contribution >= 4 is 53.3 Å². The highest BCUT2D eigenvalue weighted by atomic mass is 32.1. The third kappa shape index (κ3) is 4.11. The Bertz CT molecular complexity index is 2750. The van der Waals surface area contributed by atoms with Gasteiger partial charge in [-0.15, -0.1) is 11.3 Å². The third-order valence-electron chi connectivity index (χ3n) is 10.3. The van der Waals surface area contributed by atoms with Crippen molar-refractivity contribution in [3.05, 3.63) is 157 Å². The molecule has 3 heteroatoms. The maximum absolute atomic E-state index is 5.26. The van der Waals surface area contributed by atoms with Crippen LogP contribution in [0.4, 0.5) is 0 Å². The molecule has 0 unspecified atom stereocenters. The van der Waals surface area contributed by atoms with Crippen LogP contribution in [-0.2, 0) is 5.41 Å². The van der Waals surface area contributed by atoms with E-state index in [-0.39, 0.29) is 5.41 Å². The van der Waals surface area contributed by atoms with Crippen LogP contribution < -0.4 is 0 Å². The van der Waals surface area contributed by atoms with Gasteiger partial charge in [-0.25, -0.2) is 9.97 Å². The zero-order chi connectivity index (χ0) is 32.0. The minimum Gasteiger partial charge on any atom is -0.245 e. The van der Waals surface area contributed by atoms with E-state index in [4.69, 9.17) is 9.97 Å². The number of hydrogen-bond donors (Lipinski definition) is 0. The number of thiophene rings is 1. The topological polar surface area (TPSA) is 25.8 Å². The highest BCUT2D eigenvalue weighted by Crippen LogP contribution is 2.49. The predicted octanol–water partition coefficient (Wildman–Crippen LogP) is 12.5. The molecular formula is C45H30N2S. The molecule has 0 bridgehead atoms. The van der Waals surface area contributed by atoms with Crippen LogP contribution in [0.2, 0.25) is 0 Å². The summed E-state index contributed by atoms with van der Waals surface area (Å²) >= 11 is 1.86. The molecule has 48 heavy (non-hydrogen) atoms. The first kappa shape index (κ1) is 27.5. The van der Waals surface area contributed by atoms with Crippen molar-refractivity contribution < 1.29 is 0 Å². The van der Waals surface area contributed by atoms with Gasteiger partial charge in [-0.1, -0.05) is 129 Å². The van der Waals surface area contributed by atoms with E-state index in [0.29, 0.717) is 0 Å². The van der Waals surface area contributed by atoms with Crippen molar-refractivity contribution in [1.29, 1.82) is 0 Å². The summed E-state index contributed by atoms with van der Waals surface area (Å²) in [4.78, 5) is 10.5. The lowest BCUT2D eigenvalue weighted by atomic mass is 9.82. The van der Waals surface area contributed by atoms with Crippen LogP contribution in [-0.4, -0.2) is 9.97 Å². The minimum atomic E-state index is -0.0527. The van der Waals surface area contributed by atoms with Crippen molar-refractivity contribution in [2.75, 3.05) is 0 Å². The van der Waals surface area contributed by atoms with Crippen LogP contribution in [0.3, 0.4) is 0 Å². The summed E-state index contributed by atoms with van der Waals surface area (Å²) in [6, 6.07) is 52.8. The summed E-state index contributed by atoms with van der Waals surface area (Å²) in [5.41, 5.74) is 13.8. The smallest absolute Gasteiger partial charge is 0.0972 e. The first-order chi connectivity index (χ1) is 23.5. The number of nitrogens with zero attached hydrogens (tertiary/aromatic N) is 2. The Balaban J connectivity index is 1.02. The van der Waals surface area contributed by atoms with E-state index >= 15 is 0 Å². The van der Waals surface area contributed by atoms with Crippen LogP contribution in [0.15, 0.2) is 146 Å². The zero-order valence-electron chi connectivity index (χ0n) is 26.7. The van der Waals surface area contributed by atoms with Gasteiger partial charge in [0.15, 0.2) is 0 Å². The van der Waals surface area contributed by atoms with Gasteiger partial charge in [0.2, 0.25) is 0 Å². The van der Waals surface area contributed by atoms with E-state index in [1.807, 2.05) is 11.3 Å². The molecule has 0 fully saturated rings. The van der Waals surface area contributed by atoms with E-state index in [0.717, 1.165) is 44.3 Å². The molecule has 0 amide bonds. The number of aromatic nitrogens is 2. The molecule has 0 spiro atoms. The van der Waals surface area contributed by atoms with Crippen molar-refractivity contribution in [2.24, 2.45) is 0 Å². The van der Waals surface area contributed by atoms with Gasteiger partial charge < -0.3 is 0 Å². The number of benzene rings is 6. The molecule has 0 radical (unpaired) electrons. The van der Waals surface area contributed by atoms with Gasteiger partial charge in [0.1, 0.15) is 0 Å². The van der Waals surface area contributed by atoms with Crippen LogP contribution in [0, 0.1) is 0 Å². The normalized spacial score (nSPS) is 13.4. The fourth-order valence-electron chi connectivity index (χ4n) is 7.69. The number of hydrogen-bond acceptors (Lipinski definition) is 3. The maximum atomic E-state index is 5.26. The molecule has 9 aromatic rings. The van der Waals surface area contributed by atoms with Crippen LogP contribution in [0.25, 0.3) is 86.7 Å². The number of pyridine rings is 2. The molecule has 0 saturated carbocycles. The highest BCUT2D eigenvalue weighted by molar-refractivity contribution is 7.25. The second-order valence-corrected chi connectivity index (χ2v) is 14.5. The molecule has 226 valence electrons. The Morgan fingerprint density at radius 2 is 1.02 bits per heavy atom. The Morgan fingerprint density at radius 1 is 0.438 bits per heavy atom. The van der Waals surface area contributed by atoms with Gasteiger partial charge in [0.25, 0.3) is 0 Å². The van der Waals surface area contributed by atoms with E-state index in [1.165, 1.54) is 53.6 Å². The van der Waals surface area contributed by atoms with Crippen molar-refractivity contribution in [2.45, 2.75) is 19.3 Å². The molecule has 0 aliphatic heterocycles. The van der Waals surface area contributed by atoms with Crippen LogP contribution >= 0.6 is 11.3 Å². The summed E-state index contributed by atoms with van der Waals surface area (Å²) in [6.45, 7) is 4.65. The molecule has 3 aromatic heterocycles. The SMILES string of the molecule is CC1(C)c2ccccc2-c2ccc(-c3ccc4ccc5ccc(-c6ccc(-c7ccc8c(c7)sc7ccccc78)cc6)nc5c4n3)cc21. The monoisotopic (exact) mass is 630 g/mol. The van der Waals surface area contributed by atoms with Crippen LogP contribution in [0.5, 0.6) is 0 Å². The predicted molar refractivity (Wildman–Crippen MR) is 204 cm³/mol. The first-order valence-electron chi connectivity index (χ1n) is 16.5. The average Bonchev–Trinajstić information content (AvgIpc) is 3.62. The van der Waals surface area contributed by atoms with Gasteiger partial charge in [-0.05, 0) is 63.7 Å². The van der Waals surface area contributed by atoms with E-state index < -0.39 is 0 Å². The zero-order valence-corrected chi connectivity index (χ0v) is 27.5. The van der Waals surface area contributed by atoms with Gasteiger partial charge >= 0.3 is 0 Å². The maximum Gasteiger partial charge on any atom is 0.0972 e. The molecule has 0 N–H and O–H groups in total. The Morgan fingerprint density at radius 3 is 1.81 bits per heavy atom. The van der Waals surface area contributed by atoms with E-state index in [2.05, 4.69) is 159 Å². The van der Waals surface area contributed by atoms with Crippen molar-refractivity contribution in [3.63, 3.8) is 0 Å². The molecule has 10 rings (SSSR count). The lowest BCUT2D eigenvalue weighted by Gasteiger charge is -2.21. The average molecular weight is 631 g/mol. The molecule has 3 heterocycles. The molecule has 0 atom stereocenters. The highest BCUT2D eigenvalue weighted by Gasteiger charge is 2.35. The summed E-state index contributed by atoms with van der Waals surface area (Å²) < 4.78 is 2.65. The molecule has 2 nitrogen and oxygen atoms in total. The third-order valence-corrected chi connectivity index (χ3v) is 11.4. The minimum absolute atomic E-state index is 0.0527. The van der Waals surface area contributed by atoms with Gasteiger partial charge in [-0.3, -0.25) is 0 Å². The summed E-state index contributed by atoms with van der Waals surface area (Å²) in [6.07, 6.45) is 0. The van der Waals surface area contributed by atoms with Crippen LogP contribution in [0.1, 0.15) is 25.0 Å². The first-order valence-corrected chi connectivity index (χ1v) is 17.3. The molecule has 0 saturated heterocycles. The largest absolute Gasteiger partial charge is 0.245 e.